The molecule has 0 aliphatic heterocycles. The minimum absolute atomic E-state index is 0.112. The zero-order valence-electron chi connectivity index (χ0n) is 13.3. The van der Waals surface area contributed by atoms with Crippen LogP contribution in [0.5, 0.6) is 0 Å². The Balaban J connectivity index is 1.93. The van der Waals surface area contributed by atoms with Gasteiger partial charge in [-0.1, -0.05) is 30.3 Å². The molecule has 0 atom stereocenters. The first-order valence-electron chi connectivity index (χ1n) is 7.62. The highest BCUT2D eigenvalue weighted by atomic mass is 19.4. The molecule has 3 aromatic rings. The minimum Gasteiger partial charge on any atom is -0.328 e. The lowest BCUT2D eigenvalue weighted by Gasteiger charge is -2.11. The van der Waals surface area contributed by atoms with Crippen LogP contribution in [0.4, 0.5) is 18.9 Å². The number of benzene rings is 2. The highest BCUT2D eigenvalue weighted by Gasteiger charge is 2.30. The average Bonchev–Trinajstić information content (AvgIpc) is 2.62. The van der Waals surface area contributed by atoms with Crippen molar-refractivity contribution < 1.29 is 18.0 Å². The number of aromatic amines is 1. The van der Waals surface area contributed by atoms with E-state index in [9.17, 15) is 22.8 Å². The third kappa shape index (κ3) is 3.66. The Morgan fingerprint density at radius 1 is 0.923 bits per heavy atom. The van der Waals surface area contributed by atoms with Crippen LogP contribution in [0.1, 0.15) is 15.9 Å². The van der Waals surface area contributed by atoms with Crippen molar-refractivity contribution in [1.82, 2.24) is 4.98 Å². The first-order chi connectivity index (χ1) is 12.4. The van der Waals surface area contributed by atoms with Crippen LogP contribution in [0.25, 0.3) is 11.1 Å². The van der Waals surface area contributed by atoms with E-state index in [1.807, 2.05) is 0 Å². The van der Waals surface area contributed by atoms with Crippen molar-refractivity contribution in [1.29, 1.82) is 0 Å². The quantitative estimate of drug-likeness (QED) is 0.733. The van der Waals surface area contributed by atoms with Gasteiger partial charge < -0.3 is 10.3 Å². The van der Waals surface area contributed by atoms with Crippen molar-refractivity contribution in [2.45, 2.75) is 6.18 Å². The molecule has 1 aromatic heterocycles. The van der Waals surface area contributed by atoms with E-state index in [-0.39, 0.29) is 11.3 Å². The van der Waals surface area contributed by atoms with E-state index >= 15 is 0 Å². The highest BCUT2D eigenvalue weighted by molar-refractivity contribution is 6.08. The molecule has 2 aromatic carbocycles. The molecule has 0 spiro atoms. The molecular formula is C19H13F3N2O2. The summed E-state index contributed by atoms with van der Waals surface area (Å²) in [6.45, 7) is 0. The van der Waals surface area contributed by atoms with Crippen molar-refractivity contribution in [3.8, 4) is 11.1 Å². The molecule has 0 unspecified atom stereocenters. The topological polar surface area (TPSA) is 62.0 Å². The van der Waals surface area contributed by atoms with Gasteiger partial charge in [-0.25, -0.2) is 0 Å². The van der Waals surface area contributed by atoms with Gasteiger partial charge in [-0.3, -0.25) is 9.59 Å². The van der Waals surface area contributed by atoms with Gasteiger partial charge in [-0.15, -0.1) is 0 Å². The van der Waals surface area contributed by atoms with Crippen LogP contribution in [0.2, 0.25) is 0 Å². The number of anilines is 1. The first-order valence-corrected chi connectivity index (χ1v) is 7.62. The smallest absolute Gasteiger partial charge is 0.328 e. The number of nitrogens with one attached hydrogen (secondary N) is 2. The molecule has 1 amide bonds. The molecule has 0 aliphatic carbocycles. The summed E-state index contributed by atoms with van der Waals surface area (Å²) in [5, 5.41) is 2.46. The number of carbonyl (C=O) groups is 1. The fourth-order valence-corrected chi connectivity index (χ4v) is 2.50. The molecule has 0 aliphatic rings. The van der Waals surface area contributed by atoms with E-state index in [0.29, 0.717) is 11.1 Å². The minimum atomic E-state index is -4.46. The van der Waals surface area contributed by atoms with Crippen molar-refractivity contribution in [3.05, 3.63) is 88.3 Å². The lowest BCUT2D eigenvalue weighted by atomic mass is 10.0. The maximum atomic E-state index is 12.6. The maximum Gasteiger partial charge on any atom is 0.416 e. The van der Waals surface area contributed by atoms with Crippen LogP contribution in [0.3, 0.4) is 0 Å². The van der Waals surface area contributed by atoms with Crippen molar-refractivity contribution >= 4 is 11.6 Å². The summed E-state index contributed by atoms with van der Waals surface area (Å²) in [7, 11) is 0. The molecule has 0 radical (unpaired) electrons. The third-order valence-electron chi connectivity index (χ3n) is 3.74. The normalized spacial score (nSPS) is 11.2. The summed E-state index contributed by atoms with van der Waals surface area (Å²) in [4.78, 5) is 27.2. The van der Waals surface area contributed by atoms with Crippen LogP contribution in [-0.2, 0) is 6.18 Å². The summed E-state index contributed by atoms with van der Waals surface area (Å²) in [5.41, 5.74) is -0.257. The van der Waals surface area contributed by atoms with Gasteiger partial charge in [0.2, 0.25) is 0 Å². The predicted octanol–water partition coefficient (Wildman–Crippen LogP) is 4.31. The van der Waals surface area contributed by atoms with E-state index in [1.165, 1.54) is 6.20 Å². The van der Waals surface area contributed by atoms with Gasteiger partial charge in [0.1, 0.15) is 5.56 Å². The number of aromatic nitrogens is 1. The first kappa shape index (κ1) is 17.5. The molecule has 0 saturated heterocycles. The number of pyridine rings is 1. The van der Waals surface area contributed by atoms with E-state index in [4.69, 9.17) is 0 Å². The molecule has 2 N–H and O–H groups in total. The Kier molecular flexibility index (Phi) is 4.62. The van der Waals surface area contributed by atoms with Crippen LogP contribution < -0.4 is 10.9 Å². The molecule has 132 valence electrons. The fraction of sp³-hybridized carbons (Fsp3) is 0.0526. The largest absolute Gasteiger partial charge is 0.416 e. The molecule has 26 heavy (non-hydrogen) atoms. The van der Waals surface area contributed by atoms with E-state index in [1.54, 1.807) is 36.4 Å². The van der Waals surface area contributed by atoms with Gasteiger partial charge >= 0.3 is 6.18 Å². The van der Waals surface area contributed by atoms with Crippen molar-refractivity contribution in [3.63, 3.8) is 0 Å². The van der Waals surface area contributed by atoms with Crippen molar-refractivity contribution in [2.75, 3.05) is 5.32 Å². The van der Waals surface area contributed by atoms with Gasteiger partial charge in [-0.05, 0) is 35.9 Å². The van der Waals surface area contributed by atoms with Crippen LogP contribution in [0.15, 0.2) is 71.7 Å². The number of H-pyrrole nitrogens is 1. The lowest BCUT2D eigenvalue weighted by molar-refractivity contribution is -0.137. The van der Waals surface area contributed by atoms with Gasteiger partial charge in [0, 0.05) is 17.4 Å². The van der Waals surface area contributed by atoms with E-state index in [0.717, 1.165) is 24.3 Å². The second-order valence-corrected chi connectivity index (χ2v) is 5.49. The molecular weight excluding hydrogens is 345 g/mol. The van der Waals surface area contributed by atoms with Gasteiger partial charge in [-0.2, -0.15) is 13.2 Å². The van der Waals surface area contributed by atoms with E-state index < -0.39 is 23.2 Å². The second-order valence-electron chi connectivity index (χ2n) is 5.49. The number of halogens is 3. The number of alkyl halides is 3. The van der Waals surface area contributed by atoms with Crippen LogP contribution in [-0.4, -0.2) is 10.9 Å². The van der Waals surface area contributed by atoms with Crippen LogP contribution >= 0.6 is 0 Å². The summed E-state index contributed by atoms with van der Waals surface area (Å²) < 4.78 is 37.8. The monoisotopic (exact) mass is 358 g/mol. The Bertz CT molecular complexity index is 978. The Labute approximate surface area is 146 Å². The maximum absolute atomic E-state index is 12.6. The zero-order chi connectivity index (χ0) is 18.7. The standard InChI is InChI=1S/C19H13F3N2O2/c20-19(21,22)13-6-8-14(9-7-13)24-18(26)16-15(10-11-23-17(16)25)12-4-2-1-3-5-12/h1-11H,(H,23,25)(H,24,26). The van der Waals surface area contributed by atoms with Gasteiger partial charge in [0.15, 0.2) is 0 Å². The summed E-state index contributed by atoms with van der Waals surface area (Å²) in [6.07, 6.45) is -3.03. The molecule has 0 bridgehead atoms. The van der Waals surface area contributed by atoms with Crippen molar-refractivity contribution in [2.24, 2.45) is 0 Å². The number of hydrogen-bond acceptors (Lipinski definition) is 2. The number of amides is 1. The Hall–Kier alpha value is -3.35. The SMILES string of the molecule is O=C(Nc1ccc(C(F)(F)F)cc1)c1c(-c2ccccc2)cc[nH]c1=O. The molecule has 0 saturated carbocycles. The zero-order valence-corrected chi connectivity index (χ0v) is 13.3. The molecule has 3 rings (SSSR count). The Morgan fingerprint density at radius 2 is 1.58 bits per heavy atom. The lowest BCUT2D eigenvalue weighted by Crippen LogP contribution is -2.24. The second kappa shape index (κ2) is 6.87. The predicted molar refractivity (Wildman–Crippen MR) is 91.9 cm³/mol. The fourth-order valence-electron chi connectivity index (χ4n) is 2.50. The molecule has 0 fully saturated rings. The van der Waals surface area contributed by atoms with Crippen LogP contribution in [0, 0.1) is 0 Å². The summed E-state index contributed by atoms with van der Waals surface area (Å²) in [5.74, 6) is -0.703. The van der Waals surface area contributed by atoms with Gasteiger partial charge in [0.25, 0.3) is 11.5 Å². The number of carbonyl (C=O) groups excluding carboxylic acids is 1. The number of rotatable bonds is 3. The summed E-state index contributed by atoms with van der Waals surface area (Å²) >= 11 is 0. The molecule has 7 heteroatoms. The summed E-state index contributed by atoms with van der Waals surface area (Å²) in [6, 6.07) is 14.5. The average molecular weight is 358 g/mol. The highest BCUT2D eigenvalue weighted by Crippen LogP contribution is 2.30. The third-order valence-corrected chi connectivity index (χ3v) is 3.74. The number of hydrogen-bond donors (Lipinski definition) is 2. The van der Waals surface area contributed by atoms with Gasteiger partial charge in [0.05, 0.1) is 5.56 Å². The molecule has 4 nitrogen and oxygen atoms in total. The van der Waals surface area contributed by atoms with E-state index in [2.05, 4.69) is 10.3 Å². The molecule has 1 heterocycles. The Morgan fingerprint density at radius 3 is 2.19 bits per heavy atom.